The summed E-state index contributed by atoms with van der Waals surface area (Å²) in [7, 11) is 1.28. The molecule has 1 aromatic rings. The summed E-state index contributed by atoms with van der Waals surface area (Å²) < 4.78 is 10.2. The quantitative estimate of drug-likeness (QED) is 0.628. The van der Waals surface area contributed by atoms with Crippen molar-refractivity contribution in [2.45, 2.75) is 44.9 Å². The third-order valence-electron chi connectivity index (χ3n) is 3.72. The summed E-state index contributed by atoms with van der Waals surface area (Å²) in [5.41, 5.74) is -0.193. The Balaban J connectivity index is 2.14. The van der Waals surface area contributed by atoms with Gasteiger partial charge < -0.3 is 19.9 Å². The molecular formula is C17H23ClN2O5. The molecule has 0 radical (unpaired) electrons. The van der Waals surface area contributed by atoms with Crippen LogP contribution < -0.4 is 5.32 Å². The van der Waals surface area contributed by atoms with Crippen molar-refractivity contribution in [3.63, 3.8) is 0 Å². The van der Waals surface area contributed by atoms with Crippen molar-refractivity contribution in [1.29, 1.82) is 0 Å². The summed E-state index contributed by atoms with van der Waals surface area (Å²) in [6.07, 6.45) is -0.235. The second kappa shape index (κ2) is 7.39. The minimum absolute atomic E-state index is 0.00200. The van der Waals surface area contributed by atoms with E-state index in [-0.39, 0.29) is 18.3 Å². The van der Waals surface area contributed by atoms with E-state index in [0.29, 0.717) is 17.1 Å². The molecule has 8 heteroatoms. The number of ether oxygens (including phenoxy) is 2. The van der Waals surface area contributed by atoms with Crippen LogP contribution in [0.25, 0.3) is 0 Å². The van der Waals surface area contributed by atoms with E-state index in [2.05, 4.69) is 5.32 Å². The highest BCUT2D eigenvalue weighted by Crippen LogP contribution is 2.30. The van der Waals surface area contributed by atoms with Crippen molar-refractivity contribution in [2.24, 2.45) is 0 Å². The number of methoxy groups -OCH3 is 1. The van der Waals surface area contributed by atoms with Crippen molar-refractivity contribution in [3.05, 3.63) is 23.2 Å². The minimum atomic E-state index is -0.744. The Morgan fingerprint density at radius 3 is 2.60 bits per heavy atom. The molecule has 1 amide bonds. The van der Waals surface area contributed by atoms with Gasteiger partial charge in [0.25, 0.3) is 0 Å². The van der Waals surface area contributed by atoms with E-state index in [9.17, 15) is 14.7 Å². The van der Waals surface area contributed by atoms with Gasteiger partial charge >= 0.3 is 12.1 Å². The maximum atomic E-state index is 12.4. The summed E-state index contributed by atoms with van der Waals surface area (Å²) in [4.78, 5) is 25.8. The first-order valence-electron chi connectivity index (χ1n) is 7.93. The average Bonchev–Trinajstić information content (AvgIpc) is 2.92. The van der Waals surface area contributed by atoms with E-state index in [0.717, 1.165) is 0 Å². The number of anilines is 1. The Hall–Kier alpha value is -2.15. The number of halogens is 1. The van der Waals surface area contributed by atoms with Crippen LogP contribution in [0.2, 0.25) is 5.02 Å². The number of aromatic hydroxyl groups is 1. The molecule has 138 valence electrons. The number of rotatable bonds is 3. The molecule has 2 rings (SSSR count). The first kappa shape index (κ1) is 19.2. The predicted molar refractivity (Wildman–Crippen MR) is 93.9 cm³/mol. The standard InChI is InChI=1S/C17H23ClN2O5/c1-17(2,3)25-16(23)20-9-11(8-13(20)15(22)24-4)19-12-6-5-10(18)7-14(12)21/h5-7,11,13,19,21H,8-9H2,1-4H3. The number of hydrogen-bond donors (Lipinski definition) is 2. The van der Waals surface area contributed by atoms with Gasteiger partial charge in [0.1, 0.15) is 17.4 Å². The van der Waals surface area contributed by atoms with E-state index in [1.807, 2.05) is 0 Å². The van der Waals surface area contributed by atoms with Gasteiger partial charge in [0.05, 0.1) is 12.8 Å². The summed E-state index contributed by atoms with van der Waals surface area (Å²) in [6.45, 7) is 5.53. The lowest BCUT2D eigenvalue weighted by Gasteiger charge is -2.27. The highest BCUT2D eigenvalue weighted by atomic mass is 35.5. The number of benzene rings is 1. The lowest BCUT2D eigenvalue weighted by Crippen LogP contribution is -2.44. The van der Waals surface area contributed by atoms with Crippen molar-refractivity contribution < 1.29 is 24.2 Å². The van der Waals surface area contributed by atoms with Gasteiger partial charge in [-0.3, -0.25) is 4.90 Å². The fraction of sp³-hybridized carbons (Fsp3) is 0.529. The highest BCUT2D eigenvalue weighted by molar-refractivity contribution is 6.30. The number of carbonyl (C=O) groups excluding carboxylic acids is 2. The lowest BCUT2D eigenvalue weighted by atomic mass is 10.1. The Bertz CT molecular complexity index is 659. The molecule has 1 aliphatic rings. The molecule has 0 bridgehead atoms. The number of amides is 1. The summed E-state index contributed by atoms with van der Waals surface area (Å²) in [5, 5.41) is 13.5. The number of esters is 1. The van der Waals surface area contributed by atoms with Crippen LogP contribution in [0.4, 0.5) is 10.5 Å². The summed E-state index contributed by atoms with van der Waals surface area (Å²) in [6, 6.07) is 3.71. The Kier molecular flexibility index (Phi) is 5.67. The van der Waals surface area contributed by atoms with Crippen LogP contribution in [0.3, 0.4) is 0 Å². The molecule has 1 heterocycles. The Morgan fingerprint density at radius 2 is 2.04 bits per heavy atom. The number of likely N-dealkylation sites (tertiary alicyclic amines) is 1. The first-order chi connectivity index (χ1) is 11.6. The Labute approximate surface area is 151 Å². The van der Waals surface area contributed by atoms with Gasteiger partial charge in [0.2, 0.25) is 0 Å². The second-order valence-electron chi connectivity index (χ2n) is 6.91. The fourth-order valence-corrected chi connectivity index (χ4v) is 2.84. The molecule has 0 aliphatic carbocycles. The zero-order valence-electron chi connectivity index (χ0n) is 14.7. The molecule has 1 saturated heterocycles. The smallest absolute Gasteiger partial charge is 0.411 e. The monoisotopic (exact) mass is 370 g/mol. The van der Waals surface area contributed by atoms with Gasteiger partial charge in [0, 0.05) is 30.1 Å². The number of phenols is 1. The molecule has 1 fully saturated rings. The molecule has 25 heavy (non-hydrogen) atoms. The van der Waals surface area contributed by atoms with Gasteiger partial charge in [0.15, 0.2) is 0 Å². The van der Waals surface area contributed by atoms with Crippen molar-refractivity contribution in [2.75, 3.05) is 19.0 Å². The zero-order chi connectivity index (χ0) is 18.8. The summed E-state index contributed by atoms with van der Waals surface area (Å²) in [5.74, 6) is -0.506. The molecular weight excluding hydrogens is 348 g/mol. The average molecular weight is 371 g/mol. The van der Waals surface area contributed by atoms with Gasteiger partial charge in [-0.05, 0) is 32.9 Å². The maximum Gasteiger partial charge on any atom is 0.411 e. The van der Waals surface area contributed by atoms with Crippen LogP contribution >= 0.6 is 11.6 Å². The van der Waals surface area contributed by atoms with Crippen LogP contribution in [-0.4, -0.2) is 53.4 Å². The minimum Gasteiger partial charge on any atom is -0.506 e. The van der Waals surface area contributed by atoms with Crippen LogP contribution in [-0.2, 0) is 14.3 Å². The van der Waals surface area contributed by atoms with Gasteiger partial charge in [-0.2, -0.15) is 0 Å². The summed E-state index contributed by atoms with van der Waals surface area (Å²) >= 11 is 5.82. The first-order valence-corrected chi connectivity index (χ1v) is 8.31. The maximum absolute atomic E-state index is 12.4. The zero-order valence-corrected chi connectivity index (χ0v) is 15.5. The molecule has 2 atom stereocenters. The normalized spacial score (nSPS) is 20.3. The van der Waals surface area contributed by atoms with Gasteiger partial charge in [-0.25, -0.2) is 9.59 Å². The van der Waals surface area contributed by atoms with Gasteiger partial charge in [-0.15, -0.1) is 0 Å². The molecule has 2 unspecified atom stereocenters. The largest absolute Gasteiger partial charge is 0.506 e. The fourth-order valence-electron chi connectivity index (χ4n) is 2.67. The van der Waals surface area contributed by atoms with E-state index in [1.165, 1.54) is 18.1 Å². The van der Waals surface area contributed by atoms with Crippen molar-refractivity contribution in [1.82, 2.24) is 4.90 Å². The molecule has 1 aromatic carbocycles. The van der Waals surface area contributed by atoms with Gasteiger partial charge in [-0.1, -0.05) is 11.6 Å². The molecule has 0 aromatic heterocycles. The SMILES string of the molecule is COC(=O)C1CC(Nc2ccc(Cl)cc2O)CN1C(=O)OC(C)(C)C. The molecule has 0 spiro atoms. The highest BCUT2D eigenvalue weighted by Gasteiger charge is 2.42. The van der Waals surface area contributed by atoms with E-state index in [4.69, 9.17) is 21.1 Å². The number of phenolic OH excluding ortho intramolecular Hbond substituents is 1. The molecule has 1 aliphatic heterocycles. The topological polar surface area (TPSA) is 88.1 Å². The molecule has 0 saturated carbocycles. The second-order valence-corrected chi connectivity index (χ2v) is 7.35. The van der Waals surface area contributed by atoms with Crippen molar-refractivity contribution in [3.8, 4) is 5.75 Å². The molecule has 7 nitrogen and oxygen atoms in total. The van der Waals surface area contributed by atoms with E-state index >= 15 is 0 Å². The van der Waals surface area contributed by atoms with Crippen LogP contribution in [0, 0.1) is 0 Å². The van der Waals surface area contributed by atoms with E-state index in [1.54, 1.807) is 32.9 Å². The number of carbonyl (C=O) groups is 2. The lowest BCUT2D eigenvalue weighted by molar-refractivity contribution is -0.145. The number of nitrogens with zero attached hydrogens (tertiary/aromatic N) is 1. The Morgan fingerprint density at radius 1 is 1.36 bits per heavy atom. The third-order valence-corrected chi connectivity index (χ3v) is 3.96. The third kappa shape index (κ3) is 4.92. The van der Waals surface area contributed by atoms with E-state index < -0.39 is 23.7 Å². The molecule has 2 N–H and O–H groups in total. The van der Waals surface area contributed by atoms with Crippen molar-refractivity contribution >= 4 is 29.4 Å². The number of hydrogen-bond acceptors (Lipinski definition) is 6. The predicted octanol–water partition coefficient (Wildman–Crippen LogP) is 3.01. The number of nitrogens with one attached hydrogen (secondary N) is 1. The van der Waals surface area contributed by atoms with Crippen LogP contribution in [0.5, 0.6) is 5.75 Å². The van der Waals surface area contributed by atoms with Crippen LogP contribution in [0.15, 0.2) is 18.2 Å². The van der Waals surface area contributed by atoms with Crippen LogP contribution in [0.1, 0.15) is 27.2 Å².